The third-order valence-electron chi connectivity index (χ3n) is 4.05. The van der Waals surface area contributed by atoms with E-state index in [4.69, 9.17) is 4.84 Å². The number of carbonyl (C=O) groups is 2. The van der Waals surface area contributed by atoms with Crippen LogP contribution in [-0.4, -0.2) is 33.7 Å². The summed E-state index contributed by atoms with van der Waals surface area (Å²) in [6, 6.07) is 0. The van der Waals surface area contributed by atoms with E-state index in [-0.39, 0.29) is 28.3 Å². The molecule has 5 nitrogen and oxygen atoms in total. The maximum Gasteiger partial charge on any atom is 0.168 e. The van der Waals surface area contributed by atoms with Crippen LogP contribution in [0, 0.1) is 5.92 Å². The van der Waals surface area contributed by atoms with E-state index in [1.54, 1.807) is 0 Å². The van der Waals surface area contributed by atoms with Gasteiger partial charge < -0.3 is 4.55 Å². The van der Waals surface area contributed by atoms with E-state index < -0.39 is 11.2 Å². The van der Waals surface area contributed by atoms with E-state index in [1.807, 2.05) is 27.7 Å². The van der Waals surface area contributed by atoms with Gasteiger partial charge in [0.15, 0.2) is 11.6 Å². The monoisotopic (exact) mass is 343 g/mol. The average Bonchev–Trinajstić information content (AvgIpc) is 2.50. The zero-order valence-electron chi connectivity index (χ0n) is 14.6. The van der Waals surface area contributed by atoms with Crippen molar-refractivity contribution in [1.29, 1.82) is 0 Å². The lowest BCUT2D eigenvalue weighted by Crippen LogP contribution is -2.33. The Balaban J connectivity index is 2.82. The van der Waals surface area contributed by atoms with E-state index in [2.05, 4.69) is 5.48 Å². The zero-order valence-corrected chi connectivity index (χ0v) is 15.5. The molecule has 0 aromatic heterocycles. The summed E-state index contributed by atoms with van der Waals surface area (Å²) in [5, 5.41) is 0.0211. The largest absolute Gasteiger partial charge is 0.616 e. The van der Waals surface area contributed by atoms with Crippen LogP contribution in [0.3, 0.4) is 0 Å². The first-order chi connectivity index (χ1) is 10.9. The normalized spacial score (nSPS) is 21.3. The van der Waals surface area contributed by atoms with Crippen molar-refractivity contribution in [2.24, 2.45) is 5.92 Å². The van der Waals surface area contributed by atoms with Crippen molar-refractivity contribution >= 4 is 22.7 Å². The highest BCUT2D eigenvalue weighted by Gasteiger charge is 2.34. The molecule has 0 saturated heterocycles. The number of hydrogen-bond acceptors (Lipinski definition) is 5. The lowest BCUT2D eigenvalue weighted by molar-refractivity contribution is -0.125. The first kappa shape index (κ1) is 20.2. The second-order valence-electron chi connectivity index (χ2n) is 5.97. The number of carbonyl (C=O) groups excluding carboxylic acids is 2. The Labute approximate surface area is 142 Å². The highest BCUT2D eigenvalue weighted by Crippen LogP contribution is 2.30. The first-order valence-corrected chi connectivity index (χ1v) is 9.87. The standard InChI is InChI=1S/C17H29NO4S/c1-5-8-14(18-22-6-2)17-15(19)10-13(11-16(17)20)9-12(4)23(21)7-3/h12-13,18H,5-11H2,1-4H3. The molecule has 1 fully saturated rings. The van der Waals surface area contributed by atoms with Crippen LogP contribution in [0.5, 0.6) is 0 Å². The molecule has 0 heterocycles. The lowest BCUT2D eigenvalue weighted by atomic mass is 9.80. The fourth-order valence-corrected chi connectivity index (χ4v) is 4.01. The summed E-state index contributed by atoms with van der Waals surface area (Å²) in [5.41, 5.74) is 3.66. The minimum absolute atomic E-state index is 0.000722. The van der Waals surface area contributed by atoms with Crippen LogP contribution < -0.4 is 5.48 Å². The van der Waals surface area contributed by atoms with Gasteiger partial charge in [-0.05, 0) is 39.5 Å². The summed E-state index contributed by atoms with van der Waals surface area (Å²) in [6.07, 6.45) is 2.82. The second-order valence-corrected chi connectivity index (χ2v) is 8.12. The molecule has 132 valence electrons. The summed E-state index contributed by atoms with van der Waals surface area (Å²) in [7, 11) is 0. The van der Waals surface area contributed by atoms with Gasteiger partial charge in [-0.1, -0.05) is 24.5 Å². The van der Waals surface area contributed by atoms with Gasteiger partial charge in [0.1, 0.15) is 11.0 Å². The summed E-state index contributed by atoms with van der Waals surface area (Å²) < 4.78 is 11.8. The highest BCUT2D eigenvalue weighted by molar-refractivity contribution is 7.91. The Hall–Kier alpha value is -0.850. The quantitative estimate of drug-likeness (QED) is 0.301. The smallest absolute Gasteiger partial charge is 0.168 e. The van der Waals surface area contributed by atoms with Crippen molar-refractivity contribution in [1.82, 2.24) is 5.48 Å². The number of ketones is 2. The Kier molecular flexibility index (Phi) is 8.87. The predicted octanol–water partition coefficient (Wildman–Crippen LogP) is 2.68. The van der Waals surface area contributed by atoms with Gasteiger partial charge in [-0.2, -0.15) is 0 Å². The highest BCUT2D eigenvalue weighted by atomic mass is 32.2. The molecule has 2 unspecified atom stereocenters. The predicted molar refractivity (Wildman–Crippen MR) is 92.2 cm³/mol. The van der Waals surface area contributed by atoms with Crippen LogP contribution in [0.25, 0.3) is 0 Å². The Morgan fingerprint density at radius 2 is 1.91 bits per heavy atom. The molecule has 0 bridgehead atoms. The van der Waals surface area contributed by atoms with Gasteiger partial charge >= 0.3 is 0 Å². The van der Waals surface area contributed by atoms with E-state index in [1.165, 1.54) is 0 Å². The fraction of sp³-hybridized carbons (Fsp3) is 0.765. The van der Waals surface area contributed by atoms with Crippen molar-refractivity contribution in [3.8, 4) is 0 Å². The molecular formula is C17H29NO4S. The molecule has 0 aromatic carbocycles. The summed E-state index contributed by atoms with van der Waals surface area (Å²) in [6.45, 7) is 8.12. The van der Waals surface area contributed by atoms with Crippen LogP contribution in [0.1, 0.15) is 59.8 Å². The van der Waals surface area contributed by atoms with Crippen LogP contribution in [0.15, 0.2) is 11.3 Å². The molecule has 1 N–H and O–H groups in total. The van der Waals surface area contributed by atoms with Crippen molar-refractivity contribution in [3.05, 3.63) is 11.3 Å². The molecule has 1 aliphatic rings. The van der Waals surface area contributed by atoms with Crippen molar-refractivity contribution < 1.29 is 19.0 Å². The summed E-state index contributed by atoms with van der Waals surface area (Å²) in [4.78, 5) is 30.1. The van der Waals surface area contributed by atoms with Crippen LogP contribution >= 0.6 is 0 Å². The van der Waals surface area contributed by atoms with Crippen LogP contribution in [-0.2, 0) is 25.6 Å². The minimum atomic E-state index is -0.888. The van der Waals surface area contributed by atoms with Crippen molar-refractivity contribution in [3.63, 3.8) is 0 Å². The molecule has 1 saturated carbocycles. The lowest BCUT2D eigenvalue weighted by Gasteiger charge is -2.27. The number of hydrogen-bond donors (Lipinski definition) is 1. The Morgan fingerprint density at radius 1 is 1.30 bits per heavy atom. The van der Waals surface area contributed by atoms with Gasteiger partial charge in [-0.15, -0.1) is 0 Å². The average molecular weight is 343 g/mol. The number of hydroxylamine groups is 1. The Bertz CT molecular complexity index is 430. The molecule has 0 aliphatic heterocycles. The molecule has 0 aromatic rings. The zero-order chi connectivity index (χ0) is 17.4. The first-order valence-electron chi connectivity index (χ1n) is 8.48. The van der Waals surface area contributed by atoms with E-state index in [0.717, 1.165) is 6.42 Å². The van der Waals surface area contributed by atoms with Crippen LogP contribution in [0.2, 0.25) is 0 Å². The molecule has 1 rings (SSSR count). The van der Waals surface area contributed by atoms with Gasteiger partial charge in [0.2, 0.25) is 0 Å². The van der Waals surface area contributed by atoms with E-state index in [0.29, 0.717) is 43.7 Å². The topological polar surface area (TPSA) is 78.5 Å². The second kappa shape index (κ2) is 10.1. The summed E-state index contributed by atoms with van der Waals surface area (Å²) >= 11 is -0.888. The van der Waals surface area contributed by atoms with Crippen molar-refractivity contribution in [2.75, 3.05) is 12.4 Å². The van der Waals surface area contributed by atoms with Gasteiger partial charge in [0.05, 0.1) is 17.9 Å². The molecule has 23 heavy (non-hydrogen) atoms. The third kappa shape index (κ3) is 5.94. The van der Waals surface area contributed by atoms with Crippen molar-refractivity contribution in [2.45, 2.75) is 65.0 Å². The van der Waals surface area contributed by atoms with Gasteiger partial charge in [-0.3, -0.25) is 19.9 Å². The SMILES string of the molecule is CCCC(NOCC)=C1C(=O)CC(CC(C)[S+]([O-])CC)CC1=O. The van der Waals surface area contributed by atoms with E-state index >= 15 is 0 Å². The number of allylic oxidation sites excluding steroid dienone is 2. The minimum Gasteiger partial charge on any atom is -0.616 e. The molecule has 2 atom stereocenters. The molecular weight excluding hydrogens is 314 g/mol. The van der Waals surface area contributed by atoms with E-state index in [9.17, 15) is 14.1 Å². The molecule has 0 spiro atoms. The third-order valence-corrected chi connectivity index (χ3v) is 5.70. The van der Waals surface area contributed by atoms with Gasteiger partial charge in [0.25, 0.3) is 0 Å². The number of rotatable bonds is 9. The molecule has 6 heteroatoms. The molecule has 0 radical (unpaired) electrons. The maximum atomic E-state index is 12.5. The van der Waals surface area contributed by atoms with Gasteiger partial charge in [0, 0.05) is 12.8 Å². The van der Waals surface area contributed by atoms with Crippen LogP contribution in [0.4, 0.5) is 0 Å². The fourth-order valence-electron chi connectivity index (χ4n) is 2.96. The van der Waals surface area contributed by atoms with Gasteiger partial charge in [-0.25, -0.2) is 0 Å². The molecule has 1 aliphatic carbocycles. The maximum absolute atomic E-state index is 12.5. The Morgan fingerprint density at radius 3 is 2.39 bits per heavy atom. The number of Topliss-reactive ketones (excluding diaryl/α,β-unsaturated/α-hetero) is 2. The summed E-state index contributed by atoms with van der Waals surface area (Å²) in [5.74, 6) is 0.381. The molecule has 0 amide bonds. The number of nitrogens with one attached hydrogen (secondary N) is 1.